The highest BCUT2D eigenvalue weighted by atomic mass is 16.5. The van der Waals surface area contributed by atoms with Crippen LogP contribution in [-0.2, 0) is 9.53 Å². The number of ether oxygens (including phenoxy) is 1. The highest BCUT2D eigenvalue weighted by molar-refractivity contribution is 5.77. The van der Waals surface area contributed by atoms with E-state index < -0.39 is 0 Å². The predicted octanol–water partition coefficient (Wildman–Crippen LogP) is 2.97. The number of carbonyl (C=O) groups is 1. The second-order valence-electron chi connectivity index (χ2n) is 3.82. The first-order valence-electron chi connectivity index (χ1n) is 5.30. The van der Waals surface area contributed by atoms with Crippen molar-refractivity contribution in [3.05, 3.63) is 34.9 Å². The van der Waals surface area contributed by atoms with Crippen LogP contribution in [0.1, 0.15) is 36.5 Å². The van der Waals surface area contributed by atoms with E-state index in [2.05, 4.69) is 19.9 Å². The molecule has 1 aromatic carbocycles. The summed E-state index contributed by atoms with van der Waals surface area (Å²) in [5.74, 6) is -0.329. The number of hydrogen-bond donors (Lipinski definition) is 0. The van der Waals surface area contributed by atoms with Crippen molar-refractivity contribution in [1.29, 1.82) is 0 Å². The highest BCUT2D eigenvalue weighted by Crippen LogP contribution is 2.19. The van der Waals surface area contributed by atoms with Gasteiger partial charge in [-0.05, 0) is 44.4 Å². The Balaban J connectivity index is 2.86. The summed E-state index contributed by atoms with van der Waals surface area (Å²) < 4.78 is 4.99. The largest absolute Gasteiger partial charge is 0.466 e. The summed E-state index contributed by atoms with van der Waals surface area (Å²) in [6.07, 6.45) is 0. The normalized spacial score (nSPS) is 12.3. The molecule has 0 aliphatic rings. The van der Waals surface area contributed by atoms with Gasteiger partial charge in [0, 0.05) is 0 Å². The second kappa shape index (κ2) is 4.96. The van der Waals surface area contributed by atoms with Crippen LogP contribution in [0.25, 0.3) is 0 Å². The van der Waals surface area contributed by atoms with Gasteiger partial charge in [-0.1, -0.05) is 18.2 Å². The Kier molecular flexibility index (Phi) is 3.89. The van der Waals surface area contributed by atoms with Gasteiger partial charge in [0.25, 0.3) is 0 Å². The SMILES string of the molecule is CCOC(=O)C(C)c1ccc(C)c(C)c1. The van der Waals surface area contributed by atoms with Crippen LogP contribution in [0.4, 0.5) is 0 Å². The molecule has 0 aliphatic heterocycles. The van der Waals surface area contributed by atoms with Crippen molar-refractivity contribution >= 4 is 5.97 Å². The lowest BCUT2D eigenvalue weighted by Gasteiger charge is -2.12. The van der Waals surface area contributed by atoms with E-state index >= 15 is 0 Å². The summed E-state index contributed by atoms with van der Waals surface area (Å²) in [6.45, 7) is 8.26. The summed E-state index contributed by atoms with van der Waals surface area (Å²) in [7, 11) is 0. The van der Waals surface area contributed by atoms with Gasteiger partial charge in [-0.2, -0.15) is 0 Å². The lowest BCUT2D eigenvalue weighted by molar-refractivity contribution is -0.144. The lowest BCUT2D eigenvalue weighted by atomic mass is 9.97. The molecule has 0 aromatic heterocycles. The maximum Gasteiger partial charge on any atom is 0.313 e. The quantitative estimate of drug-likeness (QED) is 0.711. The van der Waals surface area contributed by atoms with Crippen molar-refractivity contribution in [3.63, 3.8) is 0 Å². The van der Waals surface area contributed by atoms with Crippen LogP contribution in [0.2, 0.25) is 0 Å². The lowest BCUT2D eigenvalue weighted by Crippen LogP contribution is -2.13. The van der Waals surface area contributed by atoms with E-state index in [0.717, 1.165) is 5.56 Å². The highest BCUT2D eigenvalue weighted by Gasteiger charge is 2.16. The average molecular weight is 206 g/mol. The average Bonchev–Trinajstić information content (AvgIpc) is 2.21. The van der Waals surface area contributed by atoms with Gasteiger partial charge in [-0.15, -0.1) is 0 Å². The molecule has 0 bridgehead atoms. The number of benzene rings is 1. The molecule has 82 valence electrons. The van der Waals surface area contributed by atoms with Gasteiger partial charge < -0.3 is 4.74 Å². The molecule has 1 unspecified atom stereocenters. The topological polar surface area (TPSA) is 26.3 Å². The number of aryl methyl sites for hydroxylation is 2. The smallest absolute Gasteiger partial charge is 0.313 e. The van der Waals surface area contributed by atoms with Crippen molar-refractivity contribution < 1.29 is 9.53 Å². The molecule has 1 atom stereocenters. The molecule has 0 spiro atoms. The van der Waals surface area contributed by atoms with Gasteiger partial charge in [0.15, 0.2) is 0 Å². The van der Waals surface area contributed by atoms with E-state index in [-0.39, 0.29) is 11.9 Å². The van der Waals surface area contributed by atoms with Gasteiger partial charge in [0.05, 0.1) is 12.5 Å². The van der Waals surface area contributed by atoms with Gasteiger partial charge in [-0.3, -0.25) is 4.79 Å². The minimum absolute atomic E-state index is 0.152. The third-order valence-electron chi connectivity index (χ3n) is 2.67. The maximum atomic E-state index is 11.5. The molecule has 15 heavy (non-hydrogen) atoms. The van der Waals surface area contributed by atoms with Gasteiger partial charge in [0.2, 0.25) is 0 Å². The van der Waals surface area contributed by atoms with Crippen LogP contribution in [0.3, 0.4) is 0 Å². The summed E-state index contributed by atoms with van der Waals surface area (Å²) in [4.78, 5) is 11.5. The molecule has 1 rings (SSSR count). The summed E-state index contributed by atoms with van der Waals surface area (Å²) in [5.41, 5.74) is 3.48. The zero-order valence-electron chi connectivity index (χ0n) is 9.83. The summed E-state index contributed by atoms with van der Waals surface area (Å²) >= 11 is 0. The predicted molar refractivity (Wildman–Crippen MR) is 61.0 cm³/mol. The van der Waals surface area contributed by atoms with Crippen molar-refractivity contribution in [1.82, 2.24) is 0 Å². The Bertz CT molecular complexity index is 356. The molecular weight excluding hydrogens is 188 g/mol. The van der Waals surface area contributed by atoms with Crippen molar-refractivity contribution in [2.45, 2.75) is 33.6 Å². The summed E-state index contributed by atoms with van der Waals surface area (Å²) in [5, 5.41) is 0. The first-order chi connectivity index (χ1) is 7.06. The maximum absolute atomic E-state index is 11.5. The molecule has 0 amide bonds. The fourth-order valence-electron chi connectivity index (χ4n) is 1.44. The monoisotopic (exact) mass is 206 g/mol. The molecule has 0 saturated carbocycles. The minimum atomic E-state index is -0.177. The van der Waals surface area contributed by atoms with E-state index in [1.54, 1.807) is 0 Å². The van der Waals surface area contributed by atoms with Gasteiger partial charge in [-0.25, -0.2) is 0 Å². The molecule has 0 fully saturated rings. The molecular formula is C13H18O2. The zero-order chi connectivity index (χ0) is 11.4. The Labute approximate surface area is 91.3 Å². The Morgan fingerprint density at radius 1 is 1.33 bits per heavy atom. The standard InChI is InChI=1S/C13H18O2/c1-5-15-13(14)11(4)12-7-6-9(2)10(3)8-12/h6-8,11H,5H2,1-4H3. The van der Waals surface area contributed by atoms with E-state index in [1.165, 1.54) is 11.1 Å². The second-order valence-corrected chi connectivity index (χ2v) is 3.82. The first kappa shape index (κ1) is 11.8. The van der Waals surface area contributed by atoms with Crippen LogP contribution >= 0.6 is 0 Å². The van der Waals surface area contributed by atoms with Crippen LogP contribution in [-0.4, -0.2) is 12.6 Å². The molecule has 2 nitrogen and oxygen atoms in total. The first-order valence-corrected chi connectivity index (χ1v) is 5.30. The molecule has 0 aliphatic carbocycles. The Morgan fingerprint density at radius 3 is 2.53 bits per heavy atom. The Hall–Kier alpha value is -1.31. The van der Waals surface area contributed by atoms with E-state index in [4.69, 9.17) is 4.74 Å². The molecule has 2 heteroatoms. The van der Waals surface area contributed by atoms with Crippen molar-refractivity contribution in [2.75, 3.05) is 6.61 Å². The molecule has 0 heterocycles. The number of esters is 1. The van der Waals surface area contributed by atoms with Gasteiger partial charge >= 0.3 is 5.97 Å². The third kappa shape index (κ3) is 2.82. The van der Waals surface area contributed by atoms with Crippen LogP contribution in [0.15, 0.2) is 18.2 Å². The summed E-state index contributed by atoms with van der Waals surface area (Å²) in [6, 6.07) is 6.08. The molecule has 0 saturated heterocycles. The Morgan fingerprint density at radius 2 is 2.00 bits per heavy atom. The van der Waals surface area contributed by atoms with E-state index in [9.17, 15) is 4.79 Å². The van der Waals surface area contributed by atoms with Crippen LogP contribution in [0, 0.1) is 13.8 Å². The third-order valence-corrected chi connectivity index (χ3v) is 2.67. The van der Waals surface area contributed by atoms with Crippen LogP contribution < -0.4 is 0 Å². The number of hydrogen-bond acceptors (Lipinski definition) is 2. The fourth-order valence-corrected chi connectivity index (χ4v) is 1.44. The molecule has 0 radical (unpaired) electrons. The van der Waals surface area contributed by atoms with Crippen LogP contribution in [0.5, 0.6) is 0 Å². The zero-order valence-corrected chi connectivity index (χ0v) is 9.83. The number of rotatable bonds is 3. The van der Waals surface area contributed by atoms with E-state index in [0.29, 0.717) is 6.61 Å². The van der Waals surface area contributed by atoms with Gasteiger partial charge in [0.1, 0.15) is 0 Å². The fraction of sp³-hybridized carbons (Fsp3) is 0.462. The van der Waals surface area contributed by atoms with Crippen molar-refractivity contribution in [2.24, 2.45) is 0 Å². The van der Waals surface area contributed by atoms with Crippen molar-refractivity contribution in [3.8, 4) is 0 Å². The molecule has 0 N–H and O–H groups in total. The molecule has 1 aromatic rings. The minimum Gasteiger partial charge on any atom is -0.466 e. The number of carbonyl (C=O) groups excluding carboxylic acids is 1. The van der Waals surface area contributed by atoms with E-state index in [1.807, 2.05) is 26.0 Å².